The maximum Gasteiger partial charge on any atom is 0.245 e. The average molecular weight is 197 g/mol. The zero-order valence-corrected chi connectivity index (χ0v) is 8.25. The molecular formula is C9H15N3O2. The predicted molar refractivity (Wildman–Crippen MR) is 51.8 cm³/mol. The van der Waals surface area contributed by atoms with E-state index in [9.17, 15) is 4.79 Å². The summed E-state index contributed by atoms with van der Waals surface area (Å²) >= 11 is 0. The monoisotopic (exact) mass is 197 g/mol. The maximum atomic E-state index is 10.9. The van der Waals surface area contributed by atoms with E-state index in [0.717, 1.165) is 18.7 Å². The minimum Gasteiger partial charge on any atom is -0.375 e. The molecular weight excluding hydrogens is 182 g/mol. The number of H-pyrrole nitrogens is 1. The fraction of sp³-hybridized carbons (Fsp3) is 0.556. The number of ether oxygens (including phenoxy) is 1. The number of aromatic nitrogens is 2. The number of aromatic amines is 1. The first kappa shape index (κ1) is 10.7. The second-order valence-electron chi connectivity index (χ2n) is 2.92. The maximum absolute atomic E-state index is 10.9. The molecule has 1 heterocycles. The topological polar surface area (TPSA) is 67.0 Å². The number of methoxy groups -OCH3 is 1. The number of hydrogen-bond donors (Lipinski definition) is 2. The predicted octanol–water partition coefficient (Wildman–Crippen LogP) is 0.105. The molecule has 1 aromatic heterocycles. The van der Waals surface area contributed by atoms with E-state index in [-0.39, 0.29) is 12.5 Å². The van der Waals surface area contributed by atoms with Gasteiger partial charge in [0.05, 0.1) is 0 Å². The Morgan fingerprint density at radius 2 is 2.57 bits per heavy atom. The van der Waals surface area contributed by atoms with Crippen LogP contribution < -0.4 is 5.32 Å². The number of aryl methyl sites for hydroxylation is 1. The molecule has 0 aliphatic carbocycles. The Hall–Kier alpha value is -1.36. The molecule has 2 N–H and O–H groups in total. The number of carbonyl (C=O) groups excluding carboxylic acids is 1. The summed E-state index contributed by atoms with van der Waals surface area (Å²) in [6.07, 6.45) is 5.24. The van der Waals surface area contributed by atoms with Crippen molar-refractivity contribution in [2.75, 3.05) is 20.3 Å². The molecule has 0 unspecified atom stereocenters. The molecule has 0 aliphatic heterocycles. The van der Waals surface area contributed by atoms with E-state index in [4.69, 9.17) is 0 Å². The molecule has 14 heavy (non-hydrogen) atoms. The molecule has 1 amide bonds. The van der Waals surface area contributed by atoms with Crippen LogP contribution in [0.5, 0.6) is 0 Å². The molecule has 0 atom stereocenters. The molecule has 0 aromatic carbocycles. The lowest BCUT2D eigenvalue weighted by molar-refractivity contribution is -0.124. The van der Waals surface area contributed by atoms with E-state index < -0.39 is 0 Å². The second kappa shape index (κ2) is 6.15. The molecule has 0 spiro atoms. The highest BCUT2D eigenvalue weighted by Crippen LogP contribution is 1.92. The Morgan fingerprint density at radius 1 is 1.71 bits per heavy atom. The summed E-state index contributed by atoms with van der Waals surface area (Å²) in [6, 6.07) is 0. The fourth-order valence-electron chi connectivity index (χ4n) is 1.10. The van der Waals surface area contributed by atoms with E-state index in [1.54, 1.807) is 12.4 Å². The van der Waals surface area contributed by atoms with E-state index in [2.05, 4.69) is 20.0 Å². The van der Waals surface area contributed by atoms with Crippen molar-refractivity contribution in [3.05, 3.63) is 18.2 Å². The third-order valence-electron chi connectivity index (χ3n) is 1.74. The number of amides is 1. The second-order valence-corrected chi connectivity index (χ2v) is 2.92. The summed E-state index contributed by atoms with van der Waals surface area (Å²) in [7, 11) is 1.50. The average Bonchev–Trinajstić information content (AvgIpc) is 2.65. The quantitative estimate of drug-likeness (QED) is 0.636. The van der Waals surface area contributed by atoms with Crippen molar-refractivity contribution in [2.45, 2.75) is 12.8 Å². The molecule has 1 rings (SSSR count). The first-order valence-electron chi connectivity index (χ1n) is 4.57. The van der Waals surface area contributed by atoms with Gasteiger partial charge in [-0.1, -0.05) is 0 Å². The van der Waals surface area contributed by atoms with Crippen LogP contribution in [0.4, 0.5) is 0 Å². The largest absolute Gasteiger partial charge is 0.375 e. The van der Waals surface area contributed by atoms with Crippen molar-refractivity contribution in [3.63, 3.8) is 0 Å². The molecule has 0 saturated heterocycles. The standard InChI is InChI=1S/C9H15N3O2/c1-14-7-9(13)12-4-2-3-8-10-5-6-11-8/h5-6H,2-4,7H2,1H3,(H,10,11)(H,12,13). The van der Waals surface area contributed by atoms with Crippen molar-refractivity contribution in [2.24, 2.45) is 0 Å². The smallest absolute Gasteiger partial charge is 0.245 e. The lowest BCUT2D eigenvalue weighted by Gasteiger charge is -2.02. The van der Waals surface area contributed by atoms with Crippen LogP contribution in [0.1, 0.15) is 12.2 Å². The van der Waals surface area contributed by atoms with E-state index in [1.165, 1.54) is 7.11 Å². The molecule has 0 bridgehead atoms. The Morgan fingerprint density at radius 3 is 3.21 bits per heavy atom. The van der Waals surface area contributed by atoms with Gasteiger partial charge in [0, 0.05) is 32.5 Å². The number of rotatable bonds is 6. The van der Waals surface area contributed by atoms with Crippen LogP contribution in [0.15, 0.2) is 12.4 Å². The molecule has 78 valence electrons. The van der Waals surface area contributed by atoms with Gasteiger partial charge in [-0.2, -0.15) is 0 Å². The Kier molecular flexibility index (Phi) is 4.71. The first-order chi connectivity index (χ1) is 6.83. The number of imidazole rings is 1. The van der Waals surface area contributed by atoms with Crippen LogP contribution in [0, 0.1) is 0 Å². The molecule has 5 nitrogen and oxygen atoms in total. The van der Waals surface area contributed by atoms with Crippen LogP contribution in [0.3, 0.4) is 0 Å². The summed E-state index contributed by atoms with van der Waals surface area (Å²) in [5.41, 5.74) is 0. The van der Waals surface area contributed by atoms with Gasteiger partial charge in [0.1, 0.15) is 12.4 Å². The highest BCUT2D eigenvalue weighted by Gasteiger charge is 1.99. The summed E-state index contributed by atoms with van der Waals surface area (Å²) in [5.74, 6) is 0.873. The molecule has 0 saturated carbocycles. The first-order valence-corrected chi connectivity index (χ1v) is 4.57. The van der Waals surface area contributed by atoms with Crippen LogP contribution >= 0.6 is 0 Å². The Bertz CT molecular complexity index is 259. The van der Waals surface area contributed by atoms with E-state index in [0.29, 0.717) is 6.54 Å². The minimum absolute atomic E-state index is 0.0769. The van der Waals surface area contributed by atoms with Gasteiger partial charge >= 0.3 is 0 Å². The van der Waals surface area contributed by atoms with Crippen LogP contribution in [-0.4, -0.2) is 36.1 Å². The van der Waals surface area contributed by atoms with Crippen molar-refractivity contribution in [1.29, 1.82) is 0 Å². The Labute approximate surface area is 82.9 Å². The SMILES string of the molecule is COCC(=O)NCCCc1ncc[nH]1. The lowest BCUT2D eigenvalue weighted by Crippen LogP contribution is -2.28. The molecule has 0 radical (unpaired) electrons. The number of nitrogens with one attached hydrogen (secondary N) is 2. The van der Waals surface area contributed by atoms with Crippen LogP contribution in [-0.2, 0) is 16.0 Å². The summed E-state index contributed by atoms with van der Waals surface area (Å²) in [5, 5.41) is 2.74. The molecule has 1 aromatic rings. The van der Waals surface area contributed by atoms with Gasteiger partial charge in [-0.3, -0.25) is 4.79 Å². The zero-order chi connectivity index (χ0) is 10.2. The van der Waals surface area contributed by atoms with Crippen molar-refractivity contribution >= 4 is 5.91 Å². The third-order valence-corrected chi connectivity index (χ3v) is 1.74. The van der Waals surface area contributed by atoms with Crippen molar-refractivity contribution in [3.8, 4) is 0 Å². The van der Waals surface area contributed by atoms with Crippen molar-refractivity contribution in [1.82, 2.24) is 15.3 Å². The molecule has 5 heteroatoms. The van der Waals surface area contributed by atoms with E-state index >= 15 is 0 Å². The number of carbonyl (C=O) groups is 1. The van der Waals surface area contributed by atoms with Gasteiger partial charge < -0.3 is 15.0 Å². The van der Waals surface area contributed by atoms with Crippen LogP contribution in [0.25, 0.3) is 0 Å². The summed E-state index contributed by atoms with van der Waals surface area (Å²) in [4.78, 5) is 18.0. The number of hydrogen-bond acceptors (Lipinski definition) is 3. The van der Waals surface area contributed by atoms with Gasteiger partial charge in [0.2, 0.25) is 5.91 Å². The highest BCUT2D eigenvalue weighted by atomic mass is 16.5. The van der Waals surface area contributed by atoms with Crippen molar-refractivity contribution < 1.29 is 9.53 Å². The highest BCUT2D eigenvalue weighted by molar-refractivity contribution is 5.77. The summed E-state index contributed by atoms with van der Waals surface area (Å²) in [6.45, 7) is 0.781. The minimum atomic E-state index is -0.0769. The van der Waals surface area contributed by atoms with Gasteiger partial charge in [-0.25, -0.2) is 4.98 Å². The molecule has 0 fully saturated rings. The van der Waals surface area contributed by atoms with Gasteiger partial charge in [-0.15, -0.1) is 0 Å². The van der Waals surface area contributed by atoms with Gasteiger partial charge in [-0.05, 0) is 6.42 Å². The molecule has 0 aliphatic rings. The Balaban J connectivity index is 2.02. The van der Waals surface area contributed by atoms with Gasteiger partial charge in [0.25, 0.3) is 0 Å². The fourth-order valence-corrected chi connectivity index (χ4v) is 1.10. The zero-order valence-electron chi connectivity index (χ0n) is 8.25. The van der Waals surface area contributed by atoms with Gasteiger partial charge in [0.15, 0.2) is 0 Å². The van der Waals surface area contributed by atoms with E-state index in [1.807, 2.05) is 0 Å². The summed E-state index contributed by atoms with van der Waals surface area (Å²) < 4.78 is 4.68. The van der Waals surface area contributed by atoms with Crippen LogP contribution in [0.2, 0.25) is 0 Å². The normalized spacial score (nSPS) is 10.1. The third kappa shape index (κ3) is 4.04. The number of nitrogens with zero attached hydrogens (tertiary/aromatic N) is 1. The lowest BCUT2D eigenvalue weighted by atomic mass is 10.3.